The molecule has 0 saturated carbocycles. The van der Waals surface area contributed by atoms with E-state index in [1.165, 1.54) is 10.6 Å². The SMILES string of the molecule is CS(=O)(=O)N1CCC[C@@H](Nc2ccc3c(=O)[nH]c(CSC4CCOCC4)nc3n2)C1. The fraction of sp³-hybridized carbons (Fsp3) is 0.632. The molecule has 2 aliphatic rings. The number of ether oxygens (including phenoxy) is 1. The standard InChI is InChI=1S/C19H27N5O4S2/c1-30(26,27)24-8-2-3-13(11-24)20-16-5-4-15-18(21-16)22-17(23-19(15)25)12-29-14-6-9-28-10-7-14/h4-5,13-14H,2-3,6-12H2,1H3,(H2,20,21,22,23,25)/t13-/m1/s1. The van der Waals surface area contributed by atoms with Gasteiger partial charge in [0.2, 0.25) is 10.0 Å². The molecule has 0 amide bonds. The molecule has 0 radical (unpaired) electrons. The molecule has 1 atom stereocenters. The van der Waals surface area contributed by atoms with Crippen LogP contribution in [0.4, 0.5) is 5.82 Å². The van der Waals surface area contributed by atoms with E-state index in [2.05, 4.69) is 20.3 Å². The third kappa shape index (κ3) is 5.32. The minimum absolute atomic E-state index is 0.0241. The quantitative estimate of drug-likeness (QED) is 0.677. The van der Waals surface area contributed by atoms with Gasteiger partial charge in [-0.15, -0.1) is 0 Å². The molecular formula is C19H27N5O4S2. The highest BCUT2D eigenvalue weighted by Gasteiger charge is 2.26. The smallest absolute Gasteiger partial charge is 0.260 e. The van der Waals surface area contributed by atoms with Crippen LogP contribution in [0.15, 0.2) is 16.9 Å². The Bertz CT molecular complexity index is 1050. The lowest BCUT2D eigenvalue weighted by atomic mass is 10.1. The van der Waals surface area contributed by atoms with E-state index in [1.807, 2.05) is 0 Å². The van der Waals surface area contributed by atoms with Crippen molar-refractivity contribution in [3.63, 3.8) is 0 Å². The molecule has 4 rings (SSSR count). The molecule has 0 aliphatic carbocycles. The topological polar surface area (TPSA) is 117 Å². The first kappa shape index (κ1) is 21.5. The van der Waals surface area contributed by atoms with Crippen molar-refractivity contribution in [3.05, 3.63) is 28.3 Å². The molecule has 164 valence electrons. The Labute approximate surface area is 180 Å². The van der Waals surface area contributed by atoms with Crippen LogP contribution in [0.25, 0.3) is 11.0 Å². The third-order valence-corrected chi connectivity index (χ3v) is 8.10. The summed E-state index contributed by atoms with van der Waals surface area (Å²) in [4.78, 5) is 24.4. The Hall–Kier alpha value is -1.69. The van der Waals surface area contributed by atoms with Crippen LogP contribution in [-0.4, -0.2) is 71.5 Å². The maximum Gasteiger partial charge on any atom is 0.260 e. The fourth-order valence-electron chi connectivity index (χ4n) is 3.82. The van der Waals surface area contributed by atoms with E-state index in [0.29, 0.717) is 46.8 Å². The van der Waals surface area contributed by atoms with Gasteiger partial charge in [-0.2, -0.15) is 11.8 Å². The lowest BCUT2D eigenvalue weighted by Crippen LogP contribution is -2.44. The second-order valence-corrected chi connectivity index (χ2v) is 11.1. The number of thioether (sulfide) groups is 1. The van der Waals surface area contributed by atoms with Gasteiger partial charge >= 0.3 is 0 Å². The highest BCUT2D eigenvalue weighted by molar-refractivity contribution is 7.99. The van der Waals surface area contributed by atoms with Gasteiger partial charge in [0.25, 0.3) is 5.56 Å². The van der Waals surface area contributed by atoms with Crippen molar-refractivity contribution in [2.45, 2.75) is 42.7 Å². The van der Waals surface area contributed by atoms with Crippen LogP contribution in [0.5, 0.6) is 0 Å². The minimum Gasteiger partial charge on any atom is -0.381 e. The monoisotopic (exact) mass is 453 g/mol. The van der Waals surface area contributed by atoms with Crippen LogP contribution < -0.4 is 10.9 Å². The third-order valence-electron chi connectivity index (χ3n) is 5.45. The number of hydrogen-bond donors (Lipinski definition) is 2. The summed E-state index contributed by atoms with van der Waals surface area (Å²) in [5, 5.41) is 4.27. The summed E-state index contributed by atoms with van der Waals surface area (Å²) in [5.41, 5.74) is 0.213. The molecule has 11 heteroatoms. The van der Waals surface area contributed by atoms with Gasteiger partial charge in [0, 0.05) is 37.6 Å². The summed E-state index contributed by atoms with van der Waals surface area (Å²) in [6.45, 7) is 2.53. The Morgan fingerprint density at radius 3 is 2.83 bits per heavy atom. The largest absolute Gasteiger partial charge is 0.381 e. The Kier molecular flexibility index (Phi) is 6.61. The number of piperidine rings is 1. The van der Waals surface area contributed by atoms with Crippen molar-refractivity contribution >= 4 is 38.6 Å². The summed E-state index contributed by atoms with van der Waals surface area (Å²) >= 11 is 1.78. The predicted molar refractivity (Wildman–Crippen MR) is 118 cm³/mol. The normalized spacial score (nSPS) is 21.7. The molecule has 0 spiro atoms. The zero-order valence-electron chi connectivity index (χ0n) is 17.0. The van der Waals surface area contributed by atoms with Crippen LogP contribution in [-0.2, 0) is 20.5 Å². The summed E-state index contributed by atoms with van der Waals surface area (Å²) in [7, 11) is -3.21. The van der Waals surface area contributed by atoms with Crippen LogP contribution in [0, 0.1) is 0 Å². The predicted octanol–water partition coefficient (Wildman–Crippen LogP) is 1.57. The summed E-state index contributed by atoms with van der Waals surface area (Å²) in [6, 6.07) is 3.43. The maximum atomic E-state index is 12.4. The number of fused-ring (bicyclic) bond motifs is 1. The summed E-state index contributed by atoms with van der Waals surface area (Å²) in [5.74, 6) is 1.85. The zero-order valence-corrected chi connectivity index (χ0v) is 18.6. The van der Waals surface area contributed by atoms with Crippen LogP contribution >= 0.6 is 11.8 Å². The van der Waals surface area contributed by atoms with Gasteiger partial charge in [0.05, 0.1) is 17.4 Å². The van der Waals surface area contributed by atoms with Gasteiger partial charge < -0.3 is 15.0 Å². The maximum absolute atomic E-state index is 12.4. The van der Waals surface area contributed by atoms with E-state index >= 15 is 0 Å². The van der Waals surface area contributed by atoms with Gasteiger partial charge in [-0.05, 0) is 37.8 Å². The summed E-state index contributed by atoms with van der Waals surface area (Å²) in [6.07, 6.45) is 4.92. The first-order chi connectivity index (χ1) is 14.4. The molecule has 2 N–H and O–H groups in total. The number of H-pyrrole nitrogens is 1. The van der Waals surface area contributed by atoms with Gasteiger partial charge in [-0.3, -0.25) is 4.79 Å². The average molecular weight is 454 g/mol. The van der Waals surface area contributed by atoms with Crippen molar-refractivity contribution in [2.75, 3.05) is 37.9 Å². The van der Waals surface area contributed by atoms with Crippen LogP contribution in [0.1, 0.15) is 31.5 Å². The van der Waals surface area contributed by atoms with Crippen molar-refractivity contribution in [1.82, 2.24) is 19.3 Å². The molecular weight excluding hydrogens is 426 g/mol. The number of aromatic nitrogens is 3. The highest BCUT2D eigenvalue weighted by Crippen LogP contribution is 2.25. The van der Waals surface area contributed by atoms with Crippen LogP contribution in [0.2, 0.25) is 0 Å². The van der Waals surface area contributed by atoms with Crippen molar-refractivity contribution in [2.24, 2.45) is 0 Å². The molecule has 4 heterocycles. The summed E-state index contributed by atoms with van der Waals surface area (Å²) < 4.78 is 30.5. The second-order valence-electron chi connectivity index (χ2n) is 7.81. The molecule has 0 unspecified atom stereocenters. The van der Waals surface area contributed by atoms with E-state index in [1.54, 1.807) is 23.9 Å². The molecule has 9 nitrogen and oxygen atoms in total. The number of pyridine rings is 1. The number of anilines is 1. The van der Waals surface area contributed by atoms with Gasteiger partial charge in [-0.25, -0.2) is 22.7 Å². The van der Waals surface area contributed by atoms with E-state index in [-0.39, 0.29) is 11.6 Å². The van der Waals surface area contributed by atoms with E-state index in [0.717, 1.165) is 38.9 Å². The first-order valence-electron chi connectivity index (χ1n) is 10.2. The number of hydrogen-bond acceptors (Lipinski definition) is 8. The fourth-order valence-corrected chi connectivity index (χ4v) is 5.79. The van der Waals surface area contributed by atoms with Gasteiger partial charge in [0.1, 0.15) is 11.6 Å². The number of aromatic amines is 1. The number of rotatable bonds is 6. The van der Waals surface area contributed by atoms with E-state index < -0.39 is 10.0 Å². The second kappa shape index (κ2) is 9.21. The average Bonchev–Trinajstić information content (AvgIpc) is 2.72. The number of sulfonamides is 1. The molecule has 30 heavy (non-hydrogen) atoms. The number of nitrogens with one attached hydrogen (secondary N) is 2. The first-order valence-corrected chi connectivity index (χ1v) is 13.1. The Morgan fingerprint density at radius 1 is 1.27 bits per heavy atom. The van der Waals surface area contributed by atoms with E-state index in [9.17, 15) is 13.2 Å². The van der Waals surface area contributed by atoms with Crippen molar-refractivity contribution in [1.29, 1.82) is 0 Å². The molecule has 2 aliphatic heterocycles. The van der Waals surface area contributed by atoms with Crippen molar-refractivity contribution in [3.8, 4) is 0 Å². The highest BCUT2D eigenvalue weighted by atomic mass is 32.2. The molecule has 0 aromatic carbocycles. The molecule has 0 bridgehead atoms. The lowest BCUT2D eigenvalue weighted by molar-refractivity contribution is 0.1000. The Morgan fingerprint density at radius 2 is 2.07 bits per heavy atom. The molecule has 2 aromatic heterocycles. The van der Waals surface area contributed by atoms with Crippen LogP contribution in [0.3, 0.4) is 0 Å². The molecule has 2 fully saturated rings. The zero-order chi connectivity index (χ0) is 21.1. The van der Waals surface area contributed by atoms with Gasteiger partial charge in [-0.1, -0.05) is 0 Å². The lowest BCUT2D eigenvalue weighted by Gasteiger charge is -2.31. The van der Waals surface area contributed by atoms with Crippen molar-refractivity contribution < 1.29 is 13.2 Å². The number of nitrogens with zero attached hydrogens (tertiary/aromatic N) is 3. The minimum atomic E-state index is -3.21. The molecule has 2 saturated heterocycles. The van der Waals surface area contributed by atoms with E-state index in [4.69, 9.17) is 4.74 Å². The Balaban J connectivity index is 1.47. The molecule has 2 aromatic rings. The van der Waals surface area contributed by atoms with Gasteiger partial charge in [0.15, 0.2) is 5.65 Å².